The minimum Gasteiger partial charge on any atom is -0.414 e. The van der Waals surface area contributed by atoms with Crippen molar-refractivity contribution in [3.63, 3.8) is 0 Å². The van der Waals surface area contributed by atoms with E-state index in [0.29, 0.717) is 0 Å². The SMILES string of the molecule is Fc1cc(-c2ccc(C(F)(F)F)cc2)cnc1OC(F)F. The summed E-state index contributed by atoms with van der Waals surface area (Å²) in [6.07, 6.45) is -3.44. The molecule has 1 aromatic heterocycles. The van der Waals surface area contributed by atoms with E-state index in [1.54, 1.807) is 0 Å². The van der Waals surface area contributed by atoms with Crippen LogP contribution in [0.5, 0.6) is 5.88 Å². The van der Waals surface area contributed by atoms with E-state index in [-0.39, 0.29) is 11.1 Å². The third-order valence-corrected chi connectivity index (χ3v) is 2.55. The number of aromatic nitrogens is 1. The highest BCUT2D eigenvalue weighted by Crippen LogP contribution is 2.31. The molecule has 0 saturated heterocycles. The van der Waals surface area contributed by atoms with Gasteiger partial charge in [0.05, 0.1) is 5.56 Å². The van der Waals surface area contributed by atoms with Gasteiger partial charge in [-0.2, -0.15) is 22.0 Å². The zero-order chi connectivity index (χ0) is 15.6. The Hall–Kier alpha value is -2.25. The molecule has 0 N–H and O–H groups in total. The monoisotopic (exact) mass is 307 g/mol. The molecular weight excluding hydrogens is 300 g/mol. The predicted molar refractivity (Wildman–Crippen MR) is 61.3 cm³/mol. The normalized spacial score (nSPS) is 11.8. The summed E-state index contributed by atoms with van der Waals surface area (Å²) in [5, 5.41) is 0. The fourth-order valence-corrected chi connectivity index (χ4v) is 1.61. The number of pyridine rings is 1. The van der Waals surface area contributed by atoms with Crippen LogP contribution >= 0.6 is 0 Å². The number of alkyl halides is 5. The van der Waals surface area contributed by atoms with Gasteiger partial charge in [-0.05, 0) is 23.8 Å². The second-order valence-electron chi connectivity index (χ2n) is 3.96. The molecule has 1 aromatic carbocycles. The molecule has 1 heterocycles. The van der Waals surface area contributed by atoms with Crippen molar-refractivity contribution in [2.75, 3.05) is 0 Å². The van der Waals surface area contributed by atoms with Crippen molar-refractivity contribution < 1.29 is 31.1 Å². The number of hydrogen-bond donors (Lipinski definition) is 0. The van der Waals surface area contributed by atoms with Gasteiger partial charge in [0, 0.05) is 11.8 Å². The second-order valence-corrected chi connectivity index (χ2v) is 3.96. The number of ether oxygens (including phenoxy) is 1. The van der Waals surface area contributed by atoms with Gasteiger partial charge in [-0.1, -0.05) is 12.1 Å². The van der Waals surface area contributed by atoms with E-state index in [0.717, 1.165) is 36.5 Å². The third kappa shape index (κ3) is 3.65. The summed E-state index contributed by atoms with van der Waals surface area (Å²) >= 11 is 0. The van der Waals surface area contributed by atoms with Gasteiger partial charge in [0.2, 0.25) is 0 Å². The van der Waals surface area contributed by atoms with Crippen molar-refractivity contribution >= 4 is 0 Å². The lowest BCUT2D eigenvalue weighted by Crippen LogP contribution is -2.05. The molecule has 2 nitrogen and oxygen atoms in total. The van der Waals surface area contributed by atoms with Crippen LogP contribution in [0, 0.1) is 5.82 Å². The Kier molecular flexibility index (Phi) is 4.06. The molecule has 0 atom stereocenters. The molecule has 0 aliphatic carbocycles. The quantitative estimate of drug-likeness (QED) is 0.778. The van der Waals surface area contributed by atoms with Crippen LogP contribution < -0.4 is 4.74 Å². The van der Waals surface area contributed by atoms with Gasteiger partial charge in [-0.15, -0.1) is 0 Å². The first-order chi connectivity index (χ1) is 9.77. The van der Waals surface area contributed by atoms with Crippen molar-refractivity contribution in [2.24, 2.45) is 0 Å². The van der Waals surface area contributed by atoms with Gasteiger partial charge in [-0.25, -0.2) is 9.37 Å². The first kappa shape index (κ1) is 15.1. The average molecular weight is 307 g/mol. The summed E-state index contributed by atoms with van der Waals surface area (Å²) in [5.41, 5.74) is -0.446. The topological polar surface area (TPSA) is 22.1 Å². The smallest absolute Gasteiger partial charge is 0.414 e. The second kappa shape index (κ2) is 5.63. The van der Waals surface area contributed by atoms with E-state index < -0.39 is 30.0 Å². The number of rotatable bonds is 3. The van der Waals surface area contributed by atoms with Crippen LogP contribution in [-0.2, 0) is 6.18 Å². The molecule has 2 rings (SSSR count). The molecular formula is C13H7F6NO. The van der Waals surface area contributed by atoms with E-state index in [4.69, 9.17) is 0 Å². The van der Waals surface area contributed by atoms with Crippen LogP contribution in [0.25, 0.3) is 11.1 Å². The third-order valence-electron chi connectivity index (χ3n) is 2.55. The van der Waals surface area contributed by atoms with E-state index in [1.807, 2.05) is 0 Å². The van der Waals surface area contributed by atoms with Gasteiger partial charge in [0.15, 0.2) is 5.82 Å². The lowest BCUT2D eigenvalue weighted by molar-refractivity contribution is -0.137. The molecule has 0 aliphatic rings. The Morgan fingerprint density at radius 3 is 2.10 bits per heavy atom. The standard InChI is InChI=1S/C13H7F6NO/c14-10-5-8(6-20-11(10)21-12(15)16)7-1-3-9(4-2-7)13(17,18)19/h1-6,12H. The molecule has 0 radical (unpaired) electrons. The Labute approximate surface area is 115 Å². The van der Waals surface area contributed by atoms with Crippen LogP contribution in [-0.4, -0.2) is 11.6 Å². The van der Waals surface area contributed by atoms with E-state index >= 15 is 0 Å². The number of nitrogens with zero attached hydrogens (tertiary/aromatic N) is 1. The van der Waals surface area contributed by atoms with E-state index in [2.05, 4.69) is 9.72 Å². The highest BCUT2D eigenvalue weighted by Gasteiger charge is 2.30. The maximum absolute atomic E-state index is 13.5. The first-order valence-electron chi connectivity index (χ1n) is 5.55. The molecule has 2 aromatic rings. The summed E-state index contributed by atoms with van der Waals surface area (Å²) in [4.78, 5) is 3.37. The Balaban J connectivity index is 2.28. The van der Waals surface area contributed by atoms with Gasteiger partial charge >= 0.3 is 12.8 Å². The van der Waals surface area contributed by atoms with Gasteiger partial charge in [0.25, 0.3) is 5.88 Å². The van der Waals surface area contributed by atoms with Crippen molar-refractivity contribution in [1.29, 1.82) is 0 Å². The molecule has 0 aliphatic heterocycles. The highest BCUT2D eigenvalue weighted by molar-refractivity contribution is 5.63. The van der Waals surface area contributed by atoms with Crippen LogP contribution in [0.1, 0.15) is 5.56 Å². The first-order valence-corrected chi connectivity index (χ1v) is 5.55. The Morgan fingerprint density at radius 1 is 1.00 bits per heavy atom. The molecule has 0 amide bonds. The number of halogens is 6. The molecule has 0 bridgehead atoms. The molecule has 0 spiro atoms. The Morgan fingerprint density at radius 2 is 1.62 bits per heavy atom. The zero-order valence-electron chi connectivity index (χ0n) is 10.2. The molecule has 21 heavy (non-hydrogen) atoms. The highest BCUT2D eigenvalue weighted by atomic mass is 19.4. The maximum Gasteiger partial charge on any atom is 0.416 e. The van der Waals surface area contributed by atoms with E-state index in [1.165, 1.54) is 0 Å². The van der Waals surface area contributed by atoms with Crippen LogP contribution in [0.4, 0.5) is 26.3 Å². The number of benzene rings is 1. The summed E-state index contributed by atoms with van der Waals surface area (Å²) in [5.74, 6) is -2.01. The number of hydrogen-bond acceptors (Lipinski definition) is 2. The minimum absolute atomic E-state index is 0.142. The summed E-state index contributed by atoms with van der Waals surface area (Å²) in [6, 6.07) is 4.78. The summed E-state index contributed by atoms with van der Waals surface area (Å²) < 4.78 is 78.4. The summed E-state index contributed by atoms with van der Waals surface area (Å²) in [6.45, 7) is -3.22. The van der Waals surface area contributed by atoms with Crippen LogP contribution in [0.3, 0.4) is 0 Å². The Bertz CT molecular complexity index is 624. The lowest BCUT2D eigenvalue weighted by Gasteiger charge is -2.09. The molecule has 0 fully saturated rings. The van der Waals surface area contributed by atoms with Gasteiger partial charge in [-0.3, -0.25) is 0 Å². The lowest BCUT2D eigenvalue weighted by atomic mass is 10.1. The molecule has 8 heteroatoms. The van der Waals surface area contributed by atoms with Gasteiger partial charge in [0.1, 0.15) is 0 Å². The van der Waals surface area contributed by atoms with Gasteiger partial charge < -0.3 is 4.74 Å². The fourth-order valence-electron chi connectivity index (χ4n) is 1.61. The zero-order valence-corrected chi connectivity index (χ0v) is 10.2. The van der Waals surface area contributed by atoms with Crippen molar-refractivity contribution in [1.82, 2.24) is 4.98 Å². The predicted octanol–water partition coefficient (Wildman–Crippen LogP) is 4.51. The van der Waals surface area contributed by atoms with Crippen LogP contribution in [0.2, 0.25) is 0 Å². The molecule has 0 unspecified atom stereocenters. The maximum atomic E-state index is 13.5. The average Bonchev–Trinajstić information content (AvgIpc) is 2.40. The van der Waals surface area contributed by atoms with Crippen molar-refractivity contribution in [3.05, 3.63) is 47.9 Å². The molecule has 112 valence electrons. The largest absolute Gasteiger partial charge is 0.416 e. The summed E-state index contributed by atoms with van der Waals surface area (Å²) in [7, 11) is 0. The van der Waals surface area contributed by atoms with Crippen molar-refractivity contribution in [3.8, 4) is 17.0 Å². The fraction of sp³-hybridized carbons (Fsp3) is 0.154. The van der Waals surface area contributed by atoms with Crippen molar-refractivity contribution in [2.45, 2.75) is 12.8 Å². The molecule has 0 saturated carbocycles. The van der Waals surface area contributed by atoms with Crippen LogP contribution in [0.15, 0.2) is 36.5 Å². The van der Waals surface area contributed by atoms with E-state index in [9.17, 15) is 26.3 Å². The minimum atomic E-state index is -4.48.